The lowest BCUT2D eigenvalue weighted by Crippen LogP contribution is -2.62. The molecule has 1 saturated heterocycles. The van der Waals surface area contributed by atoms with Crippen molar-refractivity contribution in [2.24, 2.45) is 0 Å². The molecule has 1 spiro atoms. The maximum absolute atomic E-state index is 12.0. The second-order valence-corrected chi connectivity index (χ2v) is 6.54. The molecule has 116 valence electrons. The third kappa shape index (κ3) is 4.74. The Bertz CT molecular complexity index is 295. The molecule has 4 nitrogen and oxygen atoms in total. The molecule has 0 atom stereocenters. The van der Waals surface area contributed by atoms with Gasteiger partial charge in [0, 0.05) is 31.7 Å². The molecule has 1 aliphatic heterocycles. The minimum atomic E-state index is 0.203. The summed E-state index contributed by atoms with van der Waals surface area (Å²) in [5, 5.41) is 6.78. The van der Waals surface area contributed by atoms with Gasteiger partial charge in [0.1, 0.15) is 0 Å². The third-order valence-electron chi connectivity index (χ3n) is 4.73. The molecule has 2 fully saturated rings. The maximum atomic E-state index is 12.0. The average Bonchev–Trinajstić information content (AvgIpc) is 2.44. The number of nitrogens with one attached hydrogen (secondary N) is 2. The molecule has 0 bridgehead atoms. The fourth-order valence-electron chi connectivity index (χ4n) is 3.60. The van der Waals surface area contributed by atoms with Gasteiger partial charge in [-0.2, -0.15) is 0 Å². The lowest BCUT2D eigenvalue weighted by molar-refractivity contribution is -0.122. The van der Waals surface area contributed by atoms with Crippen LogP contribution in [0.15, 0.2) is 0 Å². The molecule has 1 saturated carbocycles. The van der Waals surface area contributed by atoms with E-state index in [1.165, 1.54) is 44.9 Å². The summed E-state index contributed by atoms with van der Waals surface area (Å²) in [4.78, 5) is 14.3. The van der Waals surface area contributed by atoms with Crippen LogP contribution in [0.1, 0.15) is 58.3 Å². The summed E-state index contributed by atoms with van der Waals surface area (Å²) >= 11 is 0. The average molecular weight is 281 g/mol. The summed E-state index contributed by atoms with van der Waals surface area (Å²) in [7, 11) is 0. The first-order valence-electron chi connectivity index (χ1n) is 8.48. The molecule has 0 aromatic heterocycles. The van der Waals surface area contributed by atoms with E-state index >= 15 is 0 Å². The van der Waals surface area contributed by atoms with E-state index in [1.807, 2.05) is 0 Å². The zero-order valence-corrected chi connectivity index (χ0v) is 13.0. The fraction of sp³-hybridized carbons (Fsp3) is 0.938. The Morgan fingerprint density at radius 3 is 2.80 bits per heavy atom. The fourth-order valence-corrected chi connectivity index (χ4v) is 3.60. The van der Waals surface area contributed by atoms with Gasteiger partial charge in [-0.25, -0.2) is 0 Å². The standard InChI is InChI=1S/C16H31N3O/c1-2-3-7-10-17-15(20)13-19-12-11-18-16(14-19)8-5-4-6-9-16/h18H,2-14H2,1H3,(H,17,20). The van der Waals surface area contributed by atoms with Gasteiger partial charge in [0.15, 0.2) is 0 Å². The monoisotopic (exact) mass is 281 g/mol. The van der Waals surface area contributed by atoms with Crippen LogP contribution in [0, 0.1) is 0 Å². The van der Waals surface area contributed by atoms with Crippen molar-refractivity contribution >= 4 is 5.91 Å². The second kappa shape index (κ2) is 7.99. The van der Waals surface area contributed by atoms with E-state index < -0.39 is 0 Å². The molecule has 0 aromatic carbocycles. The quantitative estimate of drug-likeness (QED) is 0.731. The number of unbranched alkanes of at least 4 members (excludes halogenated alkanes) is 2. The Labute approximate surface area is 123 Å². The summed E-state index contributed by atoms with van der Waals surface area (Å²) in [6.07, 6.45) is 10.1. The summed E-state index contributed by atoms with van der Waals surface area (Å²) in [6, 6.07) is 0. The highest BCUT2D eigenvalue weighted by Crippen LogP contribution is 2.30. The van der Waals surface area contributed by atoms with Crippen molar-refractivity contribution in [1.29, 1.82) is 0 Å². The number of rotatable bonds is 6. The Morgan fingerprint density at radius 1 is 1.25 bits per heavy atom. The number of carbonyl (C=O) groups is 1. The normalized spacial score (nSPS) is 22.9. The molecular weight excluding hydrogens is 250 g/mol. The Balaban J connectivity index is 1.70. The van der Waals surface area contributed by atoms with Crippen molar-refractivity contribution in [2.45, 2.75) is 63.8 Å². The van der Waals surface area contributed by atoms with Gasteiger partial charge in [-0.05, 0) is 19.3 Å². The van der Waals surface area contributed by atoms with E-state index in [2.05, 4.69) is 22.5 Å². The zero-order chi connectivity index (χ0) is 14.3. The predicted octanol–water partition coefficient (Wildman–Crippen LogP) is 1.90. The first-order chi connectivity index (χ1) is 9.74. The van der Waals surface area contributed by atoms with Crippen LogP contribution in [0.4, 0.5) is 0 Å². The molecule has 2 rings (SSSR count). The highest BCUT2D eigenvalue weighted by Gasteiger charge is 2.36. The van der Waals surface area contributed by atoms with Crippen molar-refractivity contribution in [1.82, 2.24) is 15.5 Å². The van der Waals surface area contributed by atoms with E-state index in [4.69, 9.17) is 0 Å². The van der Waals surface area contributed by atoms with Gasteiger partial charge in [0.2, 0.25) is 5.91 Å². The summed E-state index contributed by atoms with van der Waals surface area (Å²) < 4.78 is 0. The smallest absolute Gasteiger partial charge is 0.234 e. The first kappa shape index (κ1) is 15.8. The number of nitrogens with zero attached hydrogens (tertiary/aromatic N) is 1. The highest BCUT2D eigenvalue weighted by atomic mass is 16.2. The van der Waals surface area contributed by atoms with Gasteiger partial charge >= 0.3 is 0 Å². The number of carbonyl (C=O) groups excluding carboxylic acids is 1. The van der Waals surface area contributed by atoms with Crippen LogP contribution in [0.2, 0.25) is 0 Å². The second-order valence-electron chi connectivity index (χ2n) is 6.54. The molecule has 0 aromatic rings. The molecule has 0 radical (unpaired) electrons. The highest BCUT2D eigenvalue weighted by molar-refractivity contribution is 5.78. The van der Waals surface area contributed by atoms with Crippen molar-refractivity contribution < 1.29 is 4.79 Å². The third-order valence-corrected chi connectivity index (χ3v) is 4.73. The number of amides is 1. The van der Waals surface area contributed by atoms with Crippen LogP contribution >= 0.6 is 0 Å². The van der Waals surface area contributed by atoms with Crippen molar-refractivity contribution in [3.8, 4) is 0 Å². The van der Waals surface area contributed by atoms with Crippen molar-refractivity contribution in [2.75, 3.05) is 32.7 Å². The van der Waals surface area contributed by atoms with Gasteiger partial charge in [-0.3, -0.25) is 9.69 Å². The van der Waals surface area contributed by atoms with E-state index in [9.17, 15) is 4.79 Å². The van der Waals surface area contributed by atoms with E-state index in [0.29, 0.717) is 12.1 Å². The van der Waals surface area contributed by atoms with Gasteiger partial charge < -0.3 is 10.6 Å². The minimum absolute atomic E-state index is 0.203. The van der Waals surface area contributed by atoms with Gasteiger partial charge in [0.25, 0.3) is 0 Å². The summed E-state index contributed by atoms with van der Waals surface area (Å²) in [6.45, 7) is 6.69. The number of hydrogen-bond donors (Lipinski definition) is 2. The van der Waals surface area contributed by atoms with Gasteiger partial charge in [-0.1, -0.05) is 39.0 Å². The van der Waals surface area contributed by atoms with Crippen LogP contribution in [-0.4, -0.2) is 49.1 Å². The molecule has 20 heavy (non-hydrogen) atoms. The van der Waals surface area contributed by atoms with Crippen LogP contribution in [-0.2, 0) is 4.79 Å². The van der Waals surface area contributed by atoms with Crippen LogP contribution in [0.5, 0.6) is 0 Å². The molecule has 1 amide bonds. The molecular formula is C16H31N3O. The Morgan fingerprint density at radius 2 is 2.05 bits per heavy atom. The minimum Gasteiger partial charge on any atom is -0.355 e. The van der Waals surface area contributed by atoms with Gasteiger partial charge in [-0.15, -0.1) is 0 Å². The Hall–Kier alpha value is -0.610. The molecule has 2 N–H and O–H groups in total. The SMILES string of the molecule is CCCCCNC(=O)CN1CCNC2(CCCCC2)C1. The summed E-state index contributed by atoms with van der Waals surface area (Å²) in [5.74, 6) is 0.203. The van der Waals surface area contributed by atoms with Crippen molar-refractivity contribution in [3.05, 3.63) is 0 Å². The summed E-state index contributed by atoms with van der Waals surface area (Å²) in [5.41, 5.74) is 0.305. The molecule has 4 heteroatoms. The van der Waals surface area contributed by atoms with Crippen LogP contribution in [0.3, 0.4) is 0 Å². The topological polar surface area (TPSA) is 44.4 Å². The Kier molecular flexibility index (Phi) is 6.30. The lowest BCUT2D eigenvalue weighted by atomic mass is 9.80. The number of piperazine rings is 1. The molecule has 2 aliphatic rings. The predicted molar refractivity (Wildman–Crippen MR) is 82.8 cm³/mol. The molecule has 1 heterocycles. The molecule has 1 aliphatic carbocycles. The molecule has 0 unspecified atom stereocenters. The van der Waals surface area contributed by atoms with Crippen LogP contribution < -0.4 is 10.6 Å². The van der Waals surface area contributed by atoms with Gasteiger partial charge in [0.05, 0.1) is 6.54 Å². The zero-order valence-electron chi connectivity index (χ0n) is 13.0. The van der Waals surface area contributed by atoms with E-state index in [-0.39, 0.29) is 5.91 Å². The van der Waals surface area contributed by atoms with Crippen LogP contribution in [0.25, 0.3) is 0 Å². The van der Waals surface area contributed by atoms with E-state index in [0.717, 1.165) is 32.6 Å². The maximum Gasteiger partial charge on any atom is 0.234 e. The lowest BCUT2D eigenvalue weighted by Gasteiger charge is -2.46. The first-order valence-corrected chi connectivity index (χ1v) is 8.48. The van der Waals surface area contributed by atoms with Crippen molar-refractivity contribution in [3.63, 3.8) is 0 Å². The largest absolute Gasteiger partial charge is 0.355 e. The number of hydrogen-bond acceptors (Lipinski definition) is 3. The van der Waals surface area contributed by atoms with E-state index in [1.54, 1.807) is 0 Å².